The lowest BCUT2D eigenvalue weighted by Gasteiger charge is -2.44. The van der Waals surface area contributed by atoms with Crippen LogP contribution in [0.25, 0.3) is 11.6 Å². The molecule has 0 bridgehead atoms. The van der Waals surface area contributed by atoms with Crippen LogP contribution in [-0.2, 0) is 23.5 Å². The topological polar surface area (TPSA) is 123 Å². The van der Waals surface area contributed by atoms with Crippen LogP contribution in [0.2, 0.25) is 5.04 Å². The van der Waals surface area contributed by atoms with Crippen molar-refractivity contribution in [2.75, 3.05) is 26.9 Å². The molecular formula is C50H56INO8Si. The molecule has 2 N–H and O–H groups in total. The number of methoxy groups -OCH3 is 1. The van der Waals surface area contributed by atoms with Crippen molar-refractivity contribution in [3.05, 3.63) is 129 Å². The Kier molecular flexibility index (Phi) is 14.0. The molecule has 2 heterocycles. The molecule has 7 rings (SSSR count). The van der Waals surface area contributed by atoms with Crippen molar-refractivity contribution < 1.29 is 38.5 Å². The van der Waals surface area contributed by atoms with E-state index < -0.39 is 26.1 Å². The number of nitrogens with zero attached hydrogens (tertiary/aromatic N) is 1. The van der Waals surface area contributed by atoms with Gasteiger partial charge in [-0.2, -0.15) is 0 Å². The van der Waals surface area contributed by atoms with E-state index in [0.29, 0.717) is 61.1 Å². The Hall–Kier alpha value is -4.56. The summed E-state index contributed by atoms with van der Waals surface area (Å²) in [5.41, 5.74) is 5.21. The Morgan fingerprint density at radius 3 is 2.13 bits per heavy atom. The standard InChI is InChI=1S/C50H56INO8Si/c1-50(2,3)61(37-19-11-6-12-20-37,38-21-13-7-14-22-38)60-31-36-30-39-46(49(57)52(48(39)56)26-16-8-15-23-44(53)54)40-32-59-42(45(36)40)25-24-35(34-17-9-5-10-18-34)27-33-28-41(51)47(55)43(29-33)58-4/h5-7,9-14,17-22,27-29,39-40,42,46,55H,8,15-16,23-26,30-32H2,1-4H3,(H,53,54)/b35-27-/t39-,40+,42-,46-/m1/s1. The molecule has 11 heteroatoms. The van der Waals surface area contributed by atoms with Gasteiger partial charge in [0, 0.05) is 18.9 Å². The fourth-order valence-corrected chi connectivity index (χ4v) is 15.0. The predicted molar refractivity (Wildman–Crippen MR) is 249 cm³/mol. The number of carboxylic acids is 1. The zero-order valence-corrected chi connectivity index (χ0v) is 38.6. The van der Waals surface area contributed by atoms with E-state index >= 15 is 0 Å². The lowest BCUT2D eigenvalue weighted by molar-refractivity contribution is -0.141. The number of aliphatic carboxylic acids is 1. The maximum absolute atomic E-state index is 14.3. The molecule has 0 spiro atoms. The third-order valence-electron chi connectivity index (χ3n) is 12.7. The van der Waals surface area contributed by atoms with Gasteiger partial charge in [-0.3, -0.25) is 19.3 Å². The number of likely N-dealkylation sites (tertiary alicyclic amines) is 1. The molecule has 2 aliphatic heterocycles. The van der Waals surface area contributed by atoms with Crippen molar-refractivity contribution in [2.24, 2.45) is 17.8 Å². The average Bonchev–Trinajstić information content (AvgIpc) is 3.78. The summed E-state index contributed by atoms with van der Waals surface area (Å²) in [6, 6.07) is 35.1. The summed E-state index contributed by atoms with van der Waals surface area (Å²) >= 11 is 2.12. The van der Waals surface area contributed by atoms with Gasteiger partial charge in [0.25, 0.3) is 8.32 Å². The van der Waals surface area contributed by atoms with Crippen molar-refractivity contribution in [3.8, 4) is 11.5 Å². The number of amides is 2. The minimum absolute atomic E-state index is 0.0690. The maximum Gasteiger partial charge on any atom is 0.303 e. The predicted octanol–water partition coefficient (Wildman–Crippen LogP) is 8.86. The summed E-state index contributed by atoms with van der Waals surface area (Å²) in [7, 11) is -1.42. The minimum Gasteiger partial charge on any atom is -0.504 e. The molecule has 4 atom stereocenters. The van der Waals surface area contributed by atoms with Gasteiger partial charge < -0.3 is 24.1 Å². The lowest BCUT2D eigenvalue weighted by atomic mass is 9.69. The smallest absolute Gasteiger partial charge is 0.303 e. The van der Waals surface area contributed by atoms with Crippen LogP contribution >= 0.6 is 22.6 Å². The average molecular weight is 954 g/mol. The van der Waals surface area contributed by atoms with Crippen molar-refractivity contribution in [1.82, 2.24) is 4.90 Å². The fourth-order valence-electron chi connectivity index (χ4n) is 9.84. The Balaban J connectivity index is 1.25. The molecule has 0 aromatic heterocycles. The molecule has 320 valence electrons. The third kappa shape index (κ3) is 9.30. The van der Waals surface area contributed by atoms with Gasteiger partial charge >= 0.3 is 5.97 Å². The second-order valence-corrected chi connectivity index (χ2v) is 22.9. The van der Waals surface area contributed by atoms with Gasteiger partial charge in [-0.25, -0.2) is 0 Å². The number of rotatable bonds is 17. The van der Waals surface area contributed by atoms with Crippen LogP contribution in [0, 0.1) is 21.3 Å². The van der Waals surface area contributed by atoms with E-state index in [1.807, 2.05) is 42.5 Å². The van der Waals surface area contributed by atoms with Gasteiger partial charge in [-0.1, -0.05) is 124 Å². The monoisotopic (exact) mass is 953 g/mol. The van der Waals surface area contributed by atoms with Crippen LogP contribution in [0.1, 0.15) is 76.8 Å². The highest BCUT2D eigenvalue weighted by Gasteiger charge is 2.57. The SMILES string of the molecule is COc1cc(/C=C(/CC[C@H]2OC[C@H]3C2=C(CO[Si](c2ccccc2)(c2ccccc2)C(C)(C)C)C[C@H]2C(=O)N(CCCCCC(=O)O)C(=O)[C@H]23)c2ccccc2)cc(I)c1O. The first-order valence-electron chi connectivity index (χ1n) is 21.3. The first-order chi connectivity index (χ1) is 29.3. The number of phenols is 1. The van der Waals surface area contributed by atoms with Crippen molar-refractivity contribution in [1.29, 1.82) is 0 Å². The molecule has 2 saturated heterocycles. The summed E-state index contributed by atoms with van der Waals surface area (Å²) in [5.74, 6) is -1.90. The quantitative estimate of drug-likeness (QED) is 0.0269. The zero-order chi connectivity index (χ0) is 43.3. The van der Waals surface area contributed by atoms with Crippen molar-refractivity contribution in [2.45, 2.75) is 76.9 Å². The van der Waals surface area contributed by atoms with Gasteiger partial charge in [0.1, 0.15) is 0 Å². The second-order valence-electron chi connectivity index (χ2n) is 17.4. The molecule has 0 unspecified atom stereocenters. The second kappa shape index (κ2) is 19.2. The fraction of sp³-hybridized carbons (Fsp3) is 0.380. The van der Waals surface area contributed by atoms with E-state index in [1.54, 1.807) is 7.11 Å². The number of hydrogen-bond acceptors (Lipinski definition) is 7. The highest BCUT2D eigenvalue weighted by molar-refractivity contribution is 14.1. The Labute approximate surface area is 374 Å². The van der Waals surface area contributed by atoms with Crippen LogP contribution in [0.5, 0.6) is 11.5 Å². The first kappa shape index (κ1) is 44.5. The lowest BCUT2D eigenvalue weighted by Crippen LogP contribution is -2.66. The van der Waals surface area contributed by atoms with Crippen molar-refractivity contribution >= 4 is 70.7 Å². The third-order valence-corrected chi connectivity index (χ3v) is 18.5. The van der Waals surface area contributed by atoms with E-state index in [1.165, 1.54) is 15.3 Å². The Morgan fingerprint density at radius 2 is 1.52 bits per heavy atom. The van der Waals surface area contributed by atoms with Crippen LogP contribution in [0.3, 0.4) is 0 Å². The van der Waals surface area contributed by atoms with E-state index in [0.717, 1.165) is 27.8 Å². The summed E-state index contributed by atoms with van der Waals surface area (Å²) < 4.78 is 20.5. The van der Waals surface area contributed by atoms with Gasteiger partial charge in [-0.05, 0) is 110 Å². The number of benzene rings is 4. The van der Waals surface area contributed by atoms with E-state index in [-0.39, 0.29) is 47.6 Å². The molecule has 4 aromatic carbocycles. The number of halogens is 1. The number of carbonyl (C=O) groups excluding carboxylic acids is 2. The molecule has 61 heavy (non-hydrogen) atoms. The number of aromatic hydroxyl groups is 1. The van der Waals surface area contributed by atoms with E-state index in [4.69, 9.17) is 19.0 Å². The van der Waals surface area contributed by atoms with Crippen LogP contribution in [-0.4, -0.2) is 74.2 Å². The number of carboxylic acid groups (broad SMARTS) is 1. The van der Waals surface area contributed by atoms with E-state index in [2.05, 4.69) is 110 Å². The van der Waals surface area contributed by atoms with Gasteiger partial charge in [0.2, 0.25) is 11.8 Å². The molecule has 3 aliphatic rings. The normalized spacial score (nSPS) is 20.5. The van der Waals surface area contributed by atoms with Crippen LogP contribution in [0.15, 0.2) is 114 Å². The number of ether oxygens (including phenoxy) is 2. The molecule has 4 aromatic rings. The largest absolute Gasteiger partial charge is 0.504 e. The molecule has 0 saturated carbocycles. The first-order valence-corrected chi connectivity index (χ1v) is 24.3. The number of carbonyl (C=O) groups is 3. The van der Waals surface area contributed by atoms with Gasteiger partial charge in [0.05, 0.1) is 41.8 Å². The van der Waals surface area contributed by atoms with Crippen molar-refractivity contribution in [3.63, 3.8) is 0 Å². The zero-order valence-electron chi connectivity index (χ0n) is 35.4. The summed E-state index contributed by atoms with van der Waals surface area (Å²) in [5, 5.41) is 21.8. The number of imide groups is 1. The molecular weight excluding hydrogens is 898 g/mol. The number of fused-ring (bicyclic) bond motifs is 3. The van der Waals surface area contributed by atoms with Crippen LogP contribution < -0.4 is 15.1 Å². The van der Waals surface area contributed by atoms with Gasteiger partial charge in [0.15, 0.2) is 11.5 Å². The Morgan fingerprint density at radius 1 is 0.885 bits per heavy atom. The van der Waals surface area contributed by atoms with Gasteiger partial charge in [-0.15, -0.1) is 0 Å². The molecule has 2 amide bonds. The summed E-state index contributed by atoms with van der Waals surface area (Å²) in [4.78, 5) is 41.1. The minimum atomic E-state index is -2.97. The number of allylic oxidation sites excluding steroid dienone is 1. The number of phenolic OH excluding ortho intramolecular Hbond substituents is 1. The van der Waals surface area contributed by atoms with E-state index in [9.17, 15) is 19.5 Å². The van der Waals surface area contributed by atoms with Crippen LogP contribution in [0.4, 0.5) is 0 Å². The molecule has 1 aliphatic carbocycles. The number of unbranched alkanes of at least 4 members (excludes halogenated alkanes) is 2. The maximum atomic E-state index is 14.3. The highest BCUT2D eigenvalue weighted by Crippen LogP contribution is 2.51. The molecule has 9 nitrogen and oxygen atoms in total. The number of hydrogen-bond donors (Lipinski definition) is 2. The molecule has 0 radical (unpaired) electrons. The Bertz CT molecular complexity index is 2230. The summed E-state index contributed by atoms with van der Waals surface area (Å²) in [6.45, 7) is 7.71. The summed E-state index contributed by atoms with van der Waals surface area (Å²) in [6.07, 6.45) is 5.34. The molecule has 2 fully saturated rings. The highest BCUT2D eigenvalue weighted by atomic mass is 127.